The summed E-state index contributed by atoms with van der Waals surface area (Å²) in [5.41, 5.74) is 5.00. The van der Waals surface area contributed by atoms with Crippen molar-refractivity contribution >= 4 is 29.5 Å². The number of piperazine rings is 1. The van der Waals surface area contributed by atoms with Gasteiger partial charge in [-0.2, -0.15) is 11.8 Å². The molecule has 1 saturated heterocycles. The first-order valence-electron chi connectivity index (χ1n) is 5.42. The molecule has 0 aromatic heterocycles. The lowest BCUT2D eigenvalue weighted by Gasteiger charge is -2.29. The highest BCUT2D eigenvalue weighted by Gasteiger charge is 2.32. The number of hydrogen-bond acceptors (Lipinski definition) is 4. The Labute approximate surface area is 104 Å². The molecule has 0 radical (unpaired) electrons. The van der Waals surface area contributed by atoms with Crippen molar-refractivity contribution in [2.75, 3.05) is 12.0 Å². The Morgan fingerprint density at radius 3 is 2.24 bits per heavy atom. The van der Waals surface area contributed by atoms with Gasteiger partial charge in [-0.15, -0.1) is 0 Å². The van der Waals surface area contributed by atoms with Crippen molar-refractivity contribution < 1.29 is 14.4 Å². The number of amides is 3. The number of primary amides is 1. The van der Waals surface area contributed by atoms with Gasteiger partial charge in [-0.3, -0.25) is 14.4 Å². The maximum atomic E-state index is 11.6. The van der Waals surface area contributed by atoms with Crippen molar-refractivity contribution in [2.45, 2.75) is 31.3 Å². The Balaban J connectivity index is 2.46. The topological polar surface area (TPSA) is 101 Å². The van der Waals surface area contributed by atoms with Crippen LogP contribution in [-0.4, -0.2) is 41.8 Å². The molecule has 4 N–H and O–H groups in total. The molecule has 96 valence electrons. The fraction of sp³-hybridized carbons (Fsp3) is 0.700. The Bertz CT molecular complexity index is 322. The van der Waals surface area contributed by atoms with Crippen LogP contribution < -0.4 is 16.4 Å². The Kier molecular flexibility index (Phi) is 5.27. The van der Waals surface area contributed by atoms with Crippen molar-refractivity contribution in [3.8, 4) is 0 Å². The average molecular weight is 259 g/mol. The first kappa shape index (κ1) is 13.8. The van der Waals surface area contributed by atoms with Crippen LogP contribution in [0.25, 0.3) is 0 Å². The minimum atomic E-state index is -0.638. The van der Waals surface area contributed by atoms with Crippen molar-refractivity contribution in [2.24, 2.45) is 5.73 Å². The van der Waals surface area contributed by atoms with E-state index in [1.54, 1.807) is 11.8 Å². The van der Waals surface area contributed by atoms with Crippen LogP contribution in [-0.2, 0) is 14.4 Å². The van der Waals surface area contributed by atoms with E-state index in [1.807, 2.05) is 6.26 Å². The highest BCUT2D eigenvalue weighted by molar-refractivity contribution is 7.98. The zero-order valence-corrected chi connectivity index (χ0v) is 10.5. The molecular weight excluding hydrogens is 242 g/mol. The number of nitrogens with two attached hydrogens (primary N) is 1. The summed E-state index contributed by atoms with van der Waals surface area (Å²) in [7, 11) is 0. The predicted octanol–water partition coefficient (Wildman–Crippen LogP) is -1.01. The summed E-state index contributed by atoms with van der Waals surface area (Å²) in [4.78, 5) is 33.9. The molecule has 1 aliphatic heterocycles. The van der Waals surface area contributed by atoms with Crippen LogP contribution in [0, 0.1) is 0 Å². The molecular formula is C10H17N3O3S. The van der Waals surface area contributed by atoms with Crippen LogP contribution in [0.4, 0.5) is 0 Å². The summed E-state index contributed by atoms with van der Waals surface area (Å²) in [5.74, 6) is -0.0914. The smallest absolute Gasteiger partial charge is 0.243 e. The van der Waals surface area contributed by atoms with E-state index in [0.29, 0.717) is 6.42 Å². The lowest BCUT2D eigenvalue weighted by Crippen LogP contribution is -2.61. The molecule has 1 heterocycles. The van der Waals surface area contributed by atoms with E-state index >= 15 is 0 Å². The van der Waals surface area contributed by atoms with E-state index in [0.717, 1.165) is 5.75 Å². The van der Waals surface area contributed by atoms with Gasteiger partial charge in [-0.1, -0.05) is 0 Å². The third-order valence-corrected chi connectivity index (χ3v) is 3.20. The molecule has 1 aliphatic rings. The van der Waals surface area contributed by atoms with Crippen molar-refractivity contribution in [3.05, 3.63) is 0 Å². The van der Waals surface area contributed by atoms with Crippen LogP contribution in [0.3, 0.4) is 0 Å². The Morgan fingerprint density at radius 1 is 1.24 bits per heavy atom. The monoisotopic (exact) mass is 259 g/mol. The number of carbonyl (C=O) groups is 3. The van der Waals surface area contributed by atoms with Gasteiger partial charge in [0.05, 0.1) is 0 Å². The van der Waals surface area contributed by atoms with E-state index in [1.165, 1.54) is 0 Å². The SMILES string of the molecule is CSCC[C@@H]1NC(=O)[C@H](CCC(N)=O)NC1=O. The molecule has 0 saturated carbocycles. The van der Waals surface area contributed by atoms with Crippen molar-refractivity contribution in [3.63, 3.8) is 0 Å². The quantitative estimate of drug-likeness (QED) is 0.568. The molecule has 0 aliphatic carbocycles. The molecule has 0 aromatic carbocycles. The minimum Gasteiger partial charge on any atom is -0.370 e. The predicted molar refractivity (Wildman–Crippen MR) is 65.3 cm³/mol. The molecule has 1 fully saturated rings. The number of thioether (sulfide) groups is 1. The standard InChI is InChI=1S/C10H17N3O3S/c1-17-5-4-7-10(16)12-6(9(15)13-7)2-3-8(11)14/h6-7H,2-5H2,1H3,(H2,11,14)(H,12,16)(H,13,15)/t6-,7-/m0/s1. The summed E-state index contributed by atoms with van der Waals surface area (Å²) in [6.45, 7) is 0. The van der Waals surface area contributed by atoms with Gasteiger partial charge < -0.3 is 16.4 Å². The highest BCUT2D eigenvalue weighted by atomic mass is 32.2. The summed E-state index contributed by atoms with van der Waals surface area (Å²) in [6.07, 6.45) is 2.90. The van der Waals surface area contributed by atoms with Gasteiger partial charge in [-0.05, 0) is 24.9 Å². The normalized spacial score (nSPS) is 24.1. The summed E-state index contributed by atoms with van der Waals surface area (Å²) in [5, 5.41) is 5.27. The van der Waals surface area contributed by atoms with Crippen LogP contribution in [0.15, 0.2) is 0 Å². The van der Waals surface area contributed by atoms with Gasteiger partial charge in [0.1, 0.15) is 12.1 Å². The largest absolute Gasteiger partial charge is 0.370 e. The van der Waals surface area contributed by atoms with Gasteiger partial charge in [0, 0.05) is 6.42 Å². The van der Waals surface area contributed by atoms with Crippen LogP contribution in [0.1, 0.15) is 19.3 Å². The molecule has 0 aromatic rings. The molecule has 2 atom stereocenters. The highest BCUT2D eigenvalue weighted by Crippen LogP contribution is 2.08. The average Bonchev–Trinajstić information content (AvgIpc) is 2.27. The number of carbonyl (C=O) groups excluding carboxylic acids is 3. The fourth-order valence-corrected chi connectivity index (χ4v) is 2.08. The summed E-state index contributed by atoms with van der Waals surface area (Å²) < 4.78 is 0. The molecule has 6 nitrogen and oxygen atoms in total. The molecule has 0 spiro atoms. The number of nitrogens with one attached hydrogen (secondary N) is 2. The first-order valence-corrected chi connectivity index (χ1v) is 6.82. The zero-order valence-electron chi connectivity index (χ0n) is 9.69. The maximum Gasteiger partial charge on any atom is 0.243 e. The summed E-state index contributed by atoms with van der Waals surface area (Å²) in [6, 6.07) is -1.10. The zero-order chi connectivity index (χ0) is 12.8. The lowest BCUT2D eigenvalue weighted by atomic mass is 10.0. The van der Waals surface area contributed by atoms with Crippen LogP contribution >= 0.6 is 11.8 Å². The Hall–Kier alpha value is -1.24. The molecule has 1 rings (SSSR count). The van der Waals surface area contributed by atoms with Crippen LogP contribution in [0.2, 0.25) is 0 Å². The van der Waals surface area contributed by atoms with Crippen molar-refractivity contribution in [1.29, 1.82) is 0 Å². The fourth-order valence-electron chi connectivity index (χ4n) is 1.60. The van der Waals surface area contributed by atoms with E-state index in [2.05, 4.69) is 10.6 Å². The number of rotatable bonds is 6. The van der Waals surface area contributed by atoms with E-state index in [9.17, 15) is 14.4 Å². The third kappa shape index (κ3) is 4.26. The van der Waals surface area contributed by atoms with Crippen LogP contribution in [0.5, 0.6) is 0 Å². The Morgan fingerprint density at radius 2 is 1.76 bits per heavy atom. The maximum absolute atomic E-state index is 11.6. The molecule has 0 bridgehead atoms. The van der Waals surface area contributed by atoms with Gasteiger partial charge >= 0.3 is 0 Å². The van der Waals surface area contributed by atoms with Gasteiger partial charge in [0.15, 0.2) is 0 Å². The molecule has 17 heavy (non-hydrogen) atoms. The van der Waals surface area contributed by atoms with E-state index in [-0.39, 0.29) is 24.7 Å². The molecule has 0 unspecified atom stereocenters. The van der Waals surface area contributed by atoms with Gasteiger partial charge in [0.25, 0.3) is 0 Å². The van der Waals surface area contributed by atoms with E-state index in [4.69, 9.17) is 5.73 Å². The second-order valence-electron chi connectivity index (χ2n) is 3.91. The summed E-state index contributed by atoms with van der Waals surface area (Å²) >= 11 is 1.62. The van der Waals surface area contributed by atoms with Crippen molar-refractivity contribution in [1.82, 2.24) is 10.6 Å². The second kappa shape index (κ2) is 6.48. The van der Waals surface area contributed by atoms with Gasteiger partial charge in [-0.25, -0.2) is 0 Å². The molecule has 3 amide bonds. The molecule has 7 heteroatoms. The third-order valence-electron chi connectivity index (χ3n) is 2.56. The second-order valence-corrected chi connectivity index (χ2v) is 4.89. The lowest BCUT2D eigenvalue weighted by molar-refractivity contribution is -0.137. The first-order chi connectivity index (χ1) is 8.04. The number of hydrogen-bond donors (Lipinski definition) is 3. The van der Waals surface area contributed by atoms with Gasteiger partial charge in [0.2, 0.25) is 17.7 Å². The minimum absolute atomic E-state index is 0.0911. The van der Waals surface area contributed by atoms with E-state index < -0.39 is 18.0 Å².